The lowest BCUT2D eigenvalue weighted by atomic mass is 9.98. The largest absolute Gasteiger partial charge is 0.490 e. The lowest BCUT2D eigenvalue weighted by Crippen LogP contribution is -2.05. The minimum absolute atomic E-state index is 0.181. The molecule has 2 aromatic carbocycles. The predicted molar refractivity (Wildman–Crippen MR) is 87.2 cm³/mol. The highest BCUT2D eigenvalue weighted by Crippen LogP contribution is 2.37. The second kappa shape index (κ2) is 5.42. The van der Waals surface area contributed by atoms with Gasteiger partial charge in [-0.1, -0.05) is 45.7 Å². The molecule has 1 heterocycles. The molecule has 0 saturated carbocycles. The summed E-state index contributed by atoms with van der Waals surface area (Å²) in [6, 6.07) is 12.5. The second-order valence-electron chi connectivity index (χ2n) is 5.36. The number of rotatable bonds is 2. The van der Waals surface area contributed by atoms with Crippen molar-refractivity contribution in [3.05, 3.63) is 63.7 Å². The fourth-order valence-corrected chi connectivity index (χ4v) is 3.73. The molecule has 2 unspecified atom stereocenters. The van der Waals surface area contributed by atoms with Gasteiger partial charge in [-0.05, 0) is 54.3 Å². The van der Waals surface area contributed by atoms with Gasteiger partial charge in [0.25, 0.3) is 0 Å². The van der Waals surface area contributed by atoms with Gasteiger partial charge in [0.2, 0.25) is 0 Å². The molecule has 0 amide bonds. The molecular formula is C17H16BrClO. The molecule has 0 N–H and O–H groups in total. The zero-order chi connectivity index (χ0) is 14.3. The van der Waals surface area contributed by atoms with Crippen molar-refractivity contribution in [3.63, 3.8) is 0 Å². The molecule has 0 spiro atoms. The van der Waals surface area contributed by atoms with Crippen molar-refractivity contribution < 1.29 is 4.74 Å². The lowest BCUT2D eigenvalue weighted by Gasteiger charge is -2.15. The Morgan fingerprint density at radius 2 is 2.05 bits per heavy atom. The van der Waals surface area contributed by atoms with Gasteiger partial charge in [-0.2, -0.15) is 0 Å². The van der Waals surface area contributed by atoms with Crippen molar-refractivity contribution in [2.45, 2.75) is 31.2 Å². The van der Waals surface area contributed by atoms with Gasteiger partial charge >= 0.3 is 0 Å². The van der Waals surface area contributed by atoms with Gasteiger partial charge in [-0.25, -0.2) is 0 Å². The molecule has 20 heavy (non-hydrogen) atoms. The smallest absolute Gasteiger partial charge is 0.123 e. The highest BCUT2D eigenvalue weighted by molar-refractivity contribution is 9.09. The number of aryl methyl sites for hydroxylation is 1. The van der Waals surface area contributed by atoms with Gasteiger partial charge in [-0.15, -0.1) is 0 Å². The Morgan fingerprint density at radius 3 is 2.80 bits per heavy atom. The van der Waals surface area contributed by atoms with Gasteiger partial charge in [0.05, 0.1) is 4.83 Å². The van der Waals surface area contributed by atoms with Crippen LogP contribution in [-0.2, 0) is 6.42 Å². The van der Waals surface area contributed by atoms with E-state index in [2.05, 4.69) is 54.0 Å². The number of alkyl halides is 1. The molecule has 1 aliphatic rings. The molecule has 3 heteroatoms. The molecular weight excluding hydrogens is 336 g/mol. The van der Waals surface area contributed by atoms with E-state index in [1.165, 1.54) is 22.3 Å². The second-order valence-corrected chi connectivity index (χ2v) is 6.72. The summed E-state index contributed by atoms with van der Waals surface area (Å²) in [5.41, 5.74) is 5.00. The quantitative estimate of drug-likeness (QED) is 0.653. The van der Waals surface area contributed by atoms with Crippen molar-refractivity contribution in [3.8, 4) is 5.75 Å². The number of benzene rings is 2. The fraction of sp³-hybridized carbons (Fsp3) is 0.294. The average molecular weight is 352 g/mol. The van der Waals surface area contributed by atoms with Crippen LogP contribution in [0.25, 0.3) is 0 Å². The third-order valence-corrected chi connectivity index (χ3v) is 4.97. The summed E-state index contributed by atoms with van der Waals surface area (Å²) < 4.78 is 5.75. The van der Waals surface area contributed by atoms with Gasteiger partial charge in [0.15, 0.2) is 0 Å². The maximum Gasteiger partial charge on any atom is 0.123 e. The molecule has 2 atom stereocenters. The van der Waals surface area contributed by atoms with Crippen LogP contribution in [0.5, 0.6) is 5.75 Å². The summed E-state index contributed by atoms with van der Waals surface area (Å²) in [4.78, 5) is 0.181. The standard InChI is InChI=1S/C17H16BrClO/c1-10-7-14(19)4-5-15(10)17(18)12-3-6-16-13(9-12)8-11(2)20-16/h3-7,9,11,17H,8H2,1-2H3. The molecule has 0 aliphatic carbocycles. The Morgan fingerprint density at radius 1 is 1.25 bits per heavy atom. The zero-order valence-corrected chi connectivity index (χ0v) is 13.8. The van der Waals surface area contributed by atoms with E-state index in [4.69, 9.17) is 16.3 Å². The lowest BCUT2D eigenvalue weighted by molar-refractivity contribution is 0.254. The first-order valence-electron chi connectivity index (χ1n) is 6.74. The van der Waals surface area contributed by atoms with Crippen molar-refractivity contribution in [1.29, 1.82) is 0 Å². The number of ether oxygens (including phenoxy) is 1. The first-order chi connectivity index (χ1) is 9.54. The Bertz CT molecular complexity index is 653. The molecule has 3 rings (SSSR count). The van der Waals surface area contributed by atoms with E-state index in [1.54, 1.807) is 0 Å². The van der Waals surface area contributed by atoms with Crippen molar-refractivity contribution >= 4 is 27.5 Å². The van der Waals surface area contributed by atoms with E-state index in [9.17, 15) is 0 Å². The molecule has 2 aromatic rings. The van der Waals surface area contributed by atoms with E-state index in [-0.39, 0.29) is 10.9 Å². The highest BCUT2D eigenvalue weighted by atomic mass is 79.9. The summed E-state index contributed by atoms with van der Waals surface area (Å²) >= 11 is 9.84. The summed E-state index contributed by atoms with van der Waals surface area (Å²) in [5.74, 6) is 1.02. The Balaban J connectivity index is 1.95. The normalized spacial score (nSPS) is 18.5. The average Bonchev–Trinajstić information content (AvgIpc) is 2.77. The monoisotopic (exact) mass is 350 g/mol. The van der Waals surface area contributed by atoms with Crippen LogP contribution in [-0.4, -0.2) is 6.10 Å². The van der Waals surface area contributed by atoms with E-state index >= 15 is 0 Å². The molecule has 1 nitrogen and oxygen atoms in total. The summed E-state index contributed by atoms with van der Waals surface area (Å²) in [5, 5.41) is 0.780. The topological polar surface area (TPSA) is 9.23 Å². The maximum atomic E-state index is 6.03. The van der Waals surface area contributed by atoms with Crippen LogP contribution in [0.15, 0.2) is 36.4 Å². The maximum absolute atomic E-state index is 6.03. The third kappa shape index (κ3) is 2.59. The van der Waals surface area contributed by atoms with Gasteiger partial charge < -0.3 is 4.74 Å². The van der Waals surface area contributed by atoms with Gasteiger partial charge in [-0.3, -0.25) is 0 Å². The molecule has 0 radical (unpaired) electrons. The predicted octanol–water partition coefficient (Wildman–Crippen LogP) is 5.46. The van der Waals surface area contributed by atoms with E-state index in [0.29, 0.717) is 0 Å². The summed E-state index contributed by atoms with van der Waals surface area (Å²) in [6.45, 7) is 4.20. The summed E-state index contributed by atoms with van der Waals surface area (Å²) in [6.07, 6.45) is 1.27. The third-order valence-electron chi connectivity index (χ3n) is 3.72. The van der Waals surface area contributed by atoms with Crippen molar-refractivity contribution in [2.24, 2.45) is 0 Å². The van der Waals surface area contributed by atoms with Crippen LogP contribution in [0.4, 0.5) is 0 Å². The molecule has 104 valence electrons. The zero-order valence-electron chi connectivity index (χ0n) is 11.5. The number of hydrogen-bond donors (Lipinski definition) is 0. The van der Waals surface area contributed by atoms with E-state index in [0.717, 1.165) is 17.2 Å². The minimum Gasteiger partial charge on any atom is -0.490 e. The van der Waals surface area contributed by atoms with Crippen LogP contribution < -0.4 is 4.74 Å². The molecule has 1 aliphatic heterocycles. The number of halogens is 2. The SMILES string of the molecule is Cc1cc(Cl)ccc1C(Br)c1ccc2c(c1)CC(C)O2. The molecule has 0 saturated heterocycles. The summed E-state index contributed by atoms with van der Waals surface area (Å²) in [7, 11) is 0. The number of fused-ring (bicyclic) bond motifs is 1. The van der Waals surface area contributed by atoms with Gasteiger partial charge in [0.1, 0.15) is 11.9 Å². The Hall–Kier alpha value is -0.990. The fourth-order valence-electron chi connectivity index (χ4n) is 2.70. The van der Waals surface area contributed by atoms with Crippen LogP contribution in [0.3, 0.4) is 0 Å². The van der Waals surface area contributed by atoms with Crippen molar-refractivity contribution in [1.82, 2.24) is 0 Å². The first-order valence-corrected chi connectivity index (χ1v) is 8.03. The van der Waals surface area contributed by atoms with E-state index in [1.807, 2.05) is 12.1 Å². The van der Waals surface area contributed by atoms with Crippen LogP contribution in [0.2, 0.25) is 5.02 Å². The minimum atomic E-state index is 0.181. The molecule has 0 fully saturated rings. The van der Waals surface area contributed by atoms with E-state index < -0.39 is 0 Å². The van der Waals surface area contributed by atoms with Crippen LogP contribution in [0.1, 0.15) is 34.0 Å². The first kappa shape index (κ1) is 14.0. The van der Waals surface area contributed by atoms with Crippen molar-refractivity contribution in [2.75, 3.05) is 0 Å². The van der Waals surface area contributed by atoms with Gasteiger partial charge in [0, 0.05) is 11.4 Å². The van der Waals surface area contributed by atoms with Crippen LogP contribution >= 0.6 is 27.5 Å². The Kier molecular flexibility index (Phi) is 3.78. The Labute approximate surface area is 133 Å². The molecule has 0 aromatic heterocycles. The van der Waals surface area contributed by atoms with Crippen LogP contribution in [0, 0.1) is 6.92 Å². The molecule has 0 bridgehead atoms. The highest BCUT2D eigenvalue weighted by Gasteiger charge is 2.21. The number of hydrogen-bond acceptors (Lipinski definition) is 1.